The highest BCUT2D eigenvalue weighted by atomic mass is 79.9. The van der Waals surface area contributed by atoms with Crippen molar-refractivity contribution in [2.45, 2.75) is 20.3 Å². The van der Waals surface area contributed by atoms with E-state index in [0.29, 0.717) is 0 Å². The molecule has 0 N–H and O–H groups in total. The summed E-state index contributed by atoms with van der Waals surface area (Å²) in [7, 11) is 0. The normalized spacial score (nSPS) is 10.4. The molecule has 0 saturated heterocycles. The number of aryl methyl sites for hydroxylation is 1. The largest absolute Gasteiger partial charge is 0.355 e. The van der Waals surface area contributed by atoms with Crippen LogP contribution in [0, 0.1) is 6.92 Å². The minimum absolute atomic E-state index is 0.967. The lowest BCUT2D eigenvalue weighted by molar-refractivity contribution is 0.781. The Morgan fingerprint density at radius 3 is 2.67 bits per heavy atom. The van der Waals surface area contributed by atoms with E-state index < -0.39 is 0 Å². The van der Waals surface area contributed by atoms with Gasteiger partial charge >= 0.3 is 0 Å². The second-order valence-corrected chi connectivity index (χ2v) is 5.14. The van der Waals surface area contributed by atoms with Crippen LogP contribution in [0.15, 0.2) is 16.7 Å². The number of anilines is 1. The van der Waals surface area contributed by atoms with Crippen LogP contribution in [-0.2, 0) is 0 Å². The number of nitrogens with zero attached hydrogens (tertiary/aromatic N) is 2. The van der Waals surface area contributed by atoms with Crippen molar-refractivity contribution in [3.63, 3.8) is 0 Å². The summed E-state index contributed by atoms with van der Waals surface area (Å²) in [6.45, 7) is 6.27. The number of hydrogen-bond donors (Lipinski definition) is 0. The van der Waals surface area contributed by atoms with Gasteiger partial charge in [-0.15, -0.1) is 0 Å². The molecule has 2 nitrogen and oxygen atoms in total. The molecule has 4 heteroatoms. The highest BCUT2D eigenvalue weighted by Gasteiger charge is 2.09. The molecule has 0 atom stereocenters. The molecule has 0 aliphatic carbocycles. The second kappa shape index (κ2) is 6.48. The Labute approximate surface area is 108 Å². The molecule has 0 aromatic carbocycles. The van der Waals surface area contributed by atoms with Gasteiger partial charge in [-0.1, -0.05) is 22.9 Å². The number of alkyl halides is 1. The molecule has 84 valence electrons. The number of hydrogen-bond acceptors (Lipinski definition) is 2. The molecule has 1 rings (SSSR count). The van der Waals surface area contributed by atoms with Crippen LogP contribution in [0.3, 0.4) is 0 Å². The summed E-state index contributed by atoms with van der Waals surface area (Å²) < 4.78 is 1.08. The highest BCUT2D eigenvalue weighted by molar-refractivity contribution is 9.10. The van der Waals surface area contributed by atoms with Gasteiger partial charge in [-0.2, -0.15) is 0 Å². The fourth-order valence-electron chi connectivity index (χ4n) is 1.45. The summed E-state index contributed by atoms with van der Waals surface area (Å²) in [5.41, 5.74) is 1.18. The predicted molar refractivity (Wildman–Crippen MR) is 73.0 cm³/mol. The fraction of sp³-hybridized carbons (Fsp3) is 0.545. The molecule has 0 saturated carbocycles. The molecule has 0 radical (unpaired) electrons. The smallest absolute Gasteiger partial charge is 0.142 e. The maximum atomic E-state index is 4.47. The summed E-state index contributed by atoms with van der Waals surface area (Å²) in [4.78, 5) is 6.76. The first-order valence-electron chi connectivity index (χ1n) is 5.12. The van der Waals surface area contributed by atoms with E-state index in [4.69, 9.17) is 0 Å². The minimum Gasteiger partial charge on any atom is -0.355 e. The molecule has 1 heterocycles. The van der Waals surface area contributed by atoms with E-state index in [1.807, 2.05) is 6.20 Å². The van der Waals surface area contributed by atoms with E-state index >= 15 is 0 Å². The maximum absolute atomic E-state index is 4.47. The summed E-state index contributed by atoms with van der Waals surface area (Å²) >= 11 is 7.04. The van der Waals surface area contributed by atoms with Crippen LogP contribution in [0.25, 0.3) is 0 Å². The average molecular weight is 336 g/mol. The first-order chi connectivity index (χ1) is 7.19. The fourth-order valence-corrected chi connectivity index (χ4v) is 2.60. The zero-order chi connectivity index (χ0) is 11.3. The standard InChI is InChI=1S/C11H16Br2N2/c1-3-5-15(6-4-12)11-10(13)7-9(2)8-14-11/h7-8H,3-6H2,1-2H3. The molecular weight excluding hydrogens is 320 g/mol. The molecule has 0 spiro atoms. The maximum Gasteiger partial charge on any atom is 0.142 e. The lowest BCUT2D eigenvalue weighted by Gasteiger charge is -2.23. The number of rotatable bonds is 5. The summed E-state index contributed by atoms with van der Waals surface area (Å²) in [6, 6.07) is 2.11. The quantitative estimate of drug-likeness (QED) is 0.761. The average Bonchev–Trinajstić information content (AvgIpc) is 2.17. The van der Waals surface area contributed by atoms with Crippen LogP contribution >= 0.6 is 31.9 Å². The molecule has 0 aliphatic heterocycles. The minimum atomic E-state index is 0.967. The van der Waals surface area contributed by atoms with E-state index in [1.54, 1.807) is 0 Å². The lowest BCUT2D eigenvalue weighted by Crippen LogP contribution is -2.27. The van der Waals surface area contributed by atoms with Gasteiger partial charge in [-0.3, -0.25) is 0 Å². The van der Waals surface area contributed by atoms with Gasteiger partial charge in [-0.05, 0) is 40.9 Å². The first kappa shape index (κ1) is 13.0. The van der Waals surface area contributed by atoms with Gasteiger partial charge in [0.25, 0.3) is 0 Å². The Bertz CT molecular complexity index is 309. The molecule has 0 unspecified atom stereocenters. The van der Waals surface area contributed by atoms with Crippen LogP contribution in [0.5, 0.6) is 0 Å². The summed E-state index contributed by atoms with van der Waals surface area (Å²) in [6.07, 6.45) is 3.05. The van der Waals surface area contributed by atoms with Crippen LogP contribution in [0.4, 0.5) is 5.82 Å². The molecule has 0 fully saturated rings. The van der Waals surface area contributed by atoms with E-state index in [1.165, 1.54) is 5.56 Å². The van der Waals surface area contributed by atoms with Crippen LogP contribution in [0.1, 0.15) is 18.9 Å². The molecule has 1 aromatic rings. The van der Waals surface area contributed by atoms with Gasteiger partial charge in [0.1, 0.15) is 5.82 Å². The molecule has 1 aromatic heterocycles. The Morgan fingerprint density at radius 2 is 2.13 bits per heavy atom. The van der Waals surface area contributed by atoms with E-state index in [0.717, 1.165) is 35.1 Å². The Hall–Kier alpha value is -0.0900. The van der Waals surface area contributed by atoms with Gasteiger partial charge in [0.15, 0.2) is 0 Å². The van der Waals surface area contributed by atoms with E-state index in [-0.39, 0.29) is 0 Å². The monoisotopic (exact) mass is 334 g/mol. The summed E-state index contributed by atoms with van der Waals surface area (Å²) in [5, 5.41) is 0.967. The first-order valence-corrected chi connectivity index (χ1v) is 7.03. The van der Waals surface area contributed by atoms with Gasteiger partial charge in [0, 0.05) is 24.6 Å². The van der Waals surface area contributed by atoms with Crippen molar-refractivity contribution < 1.29 is 0 Å². The van der Waals surface area contributed by atoms with Crippen LogP contribution < -0.4 is 4.90 Å². The molecular formula is C11H16Br2N2. The molecule has 15 heavy (non-hydrogen) atoms. The molecule has 0 amide bonds. The SMILES string of the molecule is CCCN(CCBr)c1ncc(C)cc1Br. The third-order valence-electron chi connectivity index (χ3n) is 2.11. The van der Waals surface area contributed by atoms with Crippen molar-refractivity contribution in [2.24, 2.45) is 0 Å². The van der Waals surface area contributed by atoms with Crippen molar-refractivity contribution in [1.29, 1.82) is 0 Å². The Balaban J connectivity index is 2.89. The van der Waals surface area contributed by atoms with Gasteiger partial charge in [0.2, 0.25) is 0 Å². The second-order valence-electron chi connectivity index (χ2n) is 3.49. The number of pyridine rings is 1. The highest BCUT2D eigenvalue weighted by Crippen LogP contribution is 2.24. The van der Waals surface area contributed by atoms with Crippen molar-refractivity contribution in [1.82, 2.24) is 4.98 Å². The number of halogens is 2. The van der Waals surface area contributed by atoms with Gasteiger partial charge < -0.3 is 4.90 Å². The van der Waals surface area contributed by atoms with Crippen molar-refractivity contribution in [3.8, 4) is 0 Å². The Kier molecular flexibility index (Phi) is 5.61. The van der Waals surface area contributed by atoms with Crippen LogP contribution in [0.2, 0.25) is 0 Å². The molecule has 0 aliphatic rings. The van der Waals surface area contributed by atoms with Crippen molar-refractivity contribution >= 4 is 37.7 Å². The third kappa shape index (κ3) is 3.76. The Morgan fingerprint density at radius 1 is 1.40 bits per heavy atom. The van der Waals surface area contributed by atoms with Crippen molar-refractivity contribution in [2.75, 3.05) is 23.3 Å². The lowest BCUT2D eigenvalue weighted by atomic mass is 10.3. The number of aromatic nitrogens is 1. The van der Waals surface area contributed by atoms with Gasteiger partial charge in [0.05, 0.1) is 4.47 Å². The van der Waals surface area contributed by atoms with Crippen LogP contribution in [-0.4, -0.2) is 23.4 Å². The zero-order valence-corrected chi connectivity index (χ0v) is 12.3. The summed E-state index contributed by atoms with van der Waals surface area (Å²) in [5.74, 6) is 1.04. The molecule has 0 bridgehead atoms. The topological polar surface area (TPSA) is 16.1 Å². The predicted octanol–water partition coefficient (Wildman–Crippen LogP) is 3.76. The van der Waals surface area contributed by atoms with Crippen molar-refractivity contribution in [3.05, 3.63) is 22.3 Å². The van der Waals surface area contributed by atoms with E-state index in [9.17, 15) is 0 Å². The van der Waals surface area contributed by atoms with E-state index in [2.05, 4.69) is 61.7 Å². The third-order valence-corrected chi connectivity index (χ3v) is 3.04. The van der Waals surface area contributed by atoms with Gasteiger partial charge in [-0.25, -0.2) is 4.98 Å². The zero-order valence-electron chi connectivity index (χ0n) is 9.13.